The van der Waals surface area contributed by atoms with Crippen molar-refractivity contribution in [2.45, 2.75) is 13.1 Å². The van der Waals surface area contributed by atoms with Crippen molar-refractivity contribution >= 4 is 17.4 Å². The standard InChI is InChI=1S/C11H10F3N3O2/c1-2-19-10(18)8-9(15)17-6(11(12,13)14)4-3-5-7(17)16-8/h3-5H,2,15H2,1H3. The average molecular weight is 273 g/mol. The lowest BCUT2D eigenvalue weighted by molar-refractivity contribution is -0.141. The molecule has 0 spiro atoms. The van der Waals surface area contributed by atoms with E-state index in [2.05, 4.69) is 9.72 Å². The van der Waals surface area contributed by atoms with Gasteiger partial charge in [-0.05, 0) is 19.1 Å². The van der Waals surface area contributed by atoms with Gasteiger partial charge in [-0.15, -0.1) is 0 Å². The molecule has 0 saturated carbocycles. The van der Waals surface area contributed by atoms with E-state index in [1.807, 2.05) is 0 Å². The monoisotopic (exact) mass is 273 g/mol. The molecule has 0 saturated heterocycles. The van der Waals surface area contributed by atoms with Crippen LogP contribution in [0.25, 0.3) is 5.65 Å². The Kier molecular flexibility index (Phi) is 3.09. The van der Waals surface area contributed by atoms with Gasteiger partial charge in [-0.1, -0.05) is 6.07 Å². The molecule has 2 aromatic heterocycles. The van der Waals surface area contributed by atoms with Gasteiger partial charge in [0, 0.05) is 0 Å². The summed E-state index contributed by atoms with van der Waals surface area (Å²) < 4.78 is 43.9. The number of aromatic nitrogens is 2. The first-order valence-electron chi connectivity index (χ1n) is 5.37. The molecule has 0 aliphatic heterocycles. The lowest BCUT2D eigenvalue weighted by Gasteiger charge is -2.10. The zero-order valence-corrected chi connectivity index (χ0v) is 9.86. The van der Waals surface area contributed by atoms with Crippen molar-refractivity contribution in [1.29, 1.82) is 0 Å². The fraction of sp³-hybridized carbons (Fsp3) is 0.273. The van der Waals surface area contributed by atoms with Crippen LogP contribution in [-0.2, 0) is 10.9 Å². The number of anilines is 1. The largest absolute Gasteiger partial charge is 0.461 e. The maximum absolute atomic E-state index is 12.8. The number of nitrogens with two attached hydrogens (primary N) is 1. The number of pyridine rings is 1. The fourth-order valence-electron chi connectivity index (χ4n) is 1.69. The molecule has 0 unspecified atom stereocenters. The van der Waals surface area contributed by atoms with Gasteiger partial charge in [0.2, 0.25) is 0 Å². The highest BCUT2D eigenvalue weighted by Crippen LogP contribution is 2.31. The smallest absolute Gasteiger partial charge is 0.431 e. The maximum atomic E-state index is 12.8. The highest BCUT2D eigenvalue weighted by Gasteiger charge is 2.35. The van der Waals surface area contributed by atoms with Gasteiger partial charge in [0.1, 0.15) is 17.2 Å². The Hall–Kier alpha value is -2.25. The van der Waals surface area contributed by atoms with Crippen molar-refractivity contribution in [2.75, 3.05) is 12.3 Å². The topological polar surface area (TPSA) is 69.6 Å². The molecule has 0 radical (unpaired) electrons. The predicted octanol–water partition coefficient (Wildman–Crippen LogP) is 2.11. The van der Waals surface area contributed by atoms with Crippen molar-refractivity contribution < 1.29 is 22.7 Å². The van der Waals surface area contributed by atoms with Gasteiger partial charge in [0.15, 0.2) is 5.69 Å². The lowest BCUT2D eigenvalue weighted by Crippen LogP contribution is -2.13. The second kappa shape index (κ2) is 4.45. The van der Waals surface area contributed by atoms with Gasteiger partial charge in [-0.3, -0.25) is 4.40 Å². The van der Waals surface area contributed by atoms with Crippen molar-refractivity contribution in [3.63, 3.8) is 0 Å². The summed E-state index contributed by atoms with van der Waals surface area (Å²) in [5.41, 5.74) is 4.19. The van der Waals surface area contributed by atoms with Gasteiger partial charge in [0.05, 0.1) is 6.61 Å². The lowest BCUT2D eigenvalue weighted by atomic mass is 10.3. The Morgan fingerprint density at radius 1 is 1.47 bits per heavy atom. The molecule has 0 fully saturated rings. The third-order valence-electron chi connectivity index (χ3n) is 2.44. The summed E-state index contributed by atoms with van der Waals surface area (Å²) in [6.45, 7) is 1.66. The minimum atomic E-state index is -4.60. The van der Waals surface area contributed by atoms with E-state index in [0.717, 1.165) is 6.07 Å². The van der Waals surface area contributed by atoms with Crippen molar-refractivity contribution in [3.05, 3.63) is 29.6 Å². The number of ether oxygens (including phenoxy) is 1. The Bertz CT molecular complexity index is 634. The predicted molar refractivity (Wildman–Crippen MR) is 60.6 cm³/mol. The summed E-state index contributed by atoms with van der Waals surface area (Å²) in [5.74, 6) is -1.24. The van der Waals surface area contributed by atoms with E-state index >= 15 is 0 Å². The number of imidazole rings is 1. The van der Waals surface area contributed by atoms with Crippen LogP contribution in [0.4, 0.5) is 19.0 Å². The third kappa shape index (κ3) is 2.20. The van der Waals surface area contributed by atoms with Crippen molar-refractivity contribution in [3.8, 4) is 0 Å². The highest BCUT2D eigenvalue weighted by atomic mass is 19.4. The number of esters is 1. The van der Waals surface area contributed by atoms with Crippen LogP contribution in [0.5, 0.6) is 0 Å². The van der Waals surface area contributed by atoms with Crippen molar-refractivity contribution in [2.24, 2.45) is 0 Å². The summed E-state index contributed by atoms with van der Waals surface area (Å²) >= 11 is 0. The van der Waals surface area contributed by atoms with Crippen LogP contribution in [0.1, 0.15) is 23.1 Å². The molecular formula is C11H10F3N3O2. The minimum Gasteiger partial charge on any atom is -0.461 e. The van der Waals surface area contributed by atoms with Crippen LogP contribution < -0.4 is 5.73 Å². The van der Waals surface area contributed by atoms with Gasteiger partial charge in [-0.2, -0.15) is 13.2 Å². The molecule has 0 aliphatic carbocycles. The van der Waals surface area contributed by atoms with Crippen molar-refractivity contribution in [1.82, 2.24) is 9.38 Å². The Morgan fingerprint density at radius 3 is 2.74 bits per heavy atom. The van der Waals surface area contributed by atoms with Crippen LogP contribution in [0.2, 0.25) is 0 Å². The number of rotatable bonds is 2. The first-order valence-corrected chi connectivity index (χ1v) is 5.37. The molecule has 0 aliphatic rings. The number of hydrogen-bond acceptors (Lipinski definition) is 4. The summed E-state index contributed by atoms with van der Waals surface area (Å²) in [7, 11) is 0. The summed E-state index contributed by atoms with van der Waals surface area (Å²) in [6, 6.07) is 3.38. The first kappa shape index (κ1) is 13.2. The molecule has 19 heavy (non-hydrogen) atoms. The SMILES string of the molecule is CCOC(=O)c1nc2cccc(C(F)(F)F)n2c1N. The maximum Gasteiger partial charge on any atom is 0.431 e. The number of nitrogens with zero attached hydrogens (tertiary/aromatic N) is 2. The Morgan fingerprint density at radius 2 is 2.16 bits per heavy atom. The molecule has 2 rings (SSSR count). The van der Waals surface area contributed by atoms with Crippen LogP contribution in [0, 0.1) is 0 Å². The van der Waals surface area contributed by atoms with Crippen LogP contribution in [0.3, 0.4) is 0 Å². The third-order valence-corrected chi connectivity index (χ3v) is 2.44. The van der Waals surface area contributed by atoms with E-state index in [4.69, 9.17) is 5.73 Å². The Balaban J connectivity index is 2.68. The number of fused-ring (bicyclic) bond motifs is 1. The number of hydrogen-bond donors (Lipinski definition) is 1. The quantitative estimate of drug-likeness (QED) is 0.851. The molecule has 8 heteroatoms. The second-order valence-electron chi connectivity index (χ2n) is 3.67. The van der Waals surface area contributed by atoms with E-state index < -0.39 is 17.8 Å². The molecule has 0 bridgehead atoms. The van der Waals surface area contributed by atoms with Crippen LogP contribution in [-0.4, -0.2) is 22.0 Å². The molecule has 0 aromatic carbocycles. The number of alkyl halides is 3. The number of halogens is 3. The van der Waals surface area contributed by atoms with E-state index in [9.17, 15) is 18.0 Å². The minimum absolute atomic E-state index is 0.0598. The molecule has 0 atom stereocenters. The molecule has 5 nitrogen and oxygen atoms in total. The van der Waals surface area contributed by atoms with E-state index in [1.165, 1.54) is 12.1 Å². The van der Waals surface area contributed by atoms with Gasteiger partial charge < -0.3 is 10.5 Å². The fourth-order valence-corrected chi connectivity index (χ4v) is 1.69. The zero-order valence-electron chi connectivity index (χ0n) is 9.86. The number of carbonyl (C=O) groups is 1. The number of nitrogen functional groups attached to an aromatic ring is 1. The van der Waals surface area contributed by atoms with E-state index in [1.54, 1.807) is 6.92 Å². The van der Waals surface area contributed by atoms with E-state index in [0.29, 0.717) is 4.40 Å². The zero-order chi connectivity index (χ0) is 14.2. The summed E-state index contributed by atoms with van der Waals surface area (Å²) in [6.07, 6.45) is -4.60. The normalized spacial score (nSPS) is 11.8. The van der Waals surface area contributed by atoms with Gasteiger partial charge in [-0.25, -0.2) is 9.78 Å². The number of carbonyl (C=O) groups excluding carboxylic acids is 1. The highest BCUT2D eigenvalue weighted by molar-refractivity contribution is 5.93. The second-order valence-corrected chi connectivity index (χ2v) is 3.67. The van der Waals surface area contributed by atoms with E-state index in [-0.39, 0.29) is 23.8 Å². The van der Waals surface area contributed by atoms with Crippen LogP contribution in [0.15, 0.2) is 18.2 Å². The molecule has 2 aromatic rings. The molecule has 102 valence electrons. The molecule has 2 heterocycles. The van der Waals surface area contributed by atoms with Gasteiger partial charge >= 0.3 is 12.1 Å². The molecule has 0 amide bonds. The summed E-state index contributed by atoms with van der Waals surface area (Å²) in [5, 5.41) is 0. The summed E-state index contributed by atoms with van der Waals surface area (Å²) in [4.78, 5) is 15.3. The molecule has 2 N–H and O–H groups in total. The first-order chi connectivity index (χ1) is 8.86. The van der Waals surface area contributed by atoms with Crippen LogP contribution >= 0.6 is 0 Å². The average Bonchev–Trinajstić information content (AvgIpc) is 2.66. The van der Waals surface area contributed by atoms with Gasteiger partial charge in [0.25, 0.3) is 0 Å². The Labute approximate surface area is 105 Å². The molecular weight excluding hydrogens is 263 g/mol.